The van der Waals surface area contributed by atoms with E-state index in [1.807, 2.05) is 20.0 Å². The summed E-state index contributed by atoms with van der Waals surface area (Å²) in [7, 11) is 0. The predicted molar refractivity (Wildman–Crippen MR) is 89.9 cm³/mol. The van der Waals surface area contributed by atoms with Crippen molar-refractivity contribution in [2.24, 2.45) is 5.92 Å². The van der Waals surface area contributed by atoms with Crippen molar-refractivity contribution in [3.63, 3.8) is 0 Å². The van der Waals surface area contributed by atoms with E-state index in [4.69, 9.17) is 16.6 Å². The summed E-state index contributed by atoms with van der Waals surface area (Å²) in [4.78, 5) is 9.30. The topological polar surface area (TPSA) is 30.7 Å². The number of rotatable bonds is 6. The van der Waals surface area contributed by atoms with Crippen LogP contribution in [-0.2, 0) is 0 Å². The van der Waals surface area contributed by atoms with Crippen LogP contribution in [0.4, 0.5) is 0 Å². The van der Waals surface area contributed by atoms with Crippen LogP contribution in [0.15, 0.2) is 12.3 Å². The SMILES string of the molecule is Cc1cnc2c(c1)nc(C(C)Cl)n2C(C)CCCC(C)C. The number of nitrogens with zero attached hydrogens (tertiary/aromatic N) is 3. The lowest BCUT2D eigenvalue weighted by molar-refractivity contribution is 0.443. The molecule has 2 aromatic heterocycles. The molecule has 0 saturated carbocycles. The Morgan fingerprint density at radius 3 is 2.52 bits per heavy atom. The van der Waals surface area contributed by atoms with Crippen molar-refractivity contribution >= 4 is 22.8 Å². The summed E-state index contributed by atoms with van der Waals surface area (Å²) in [6.45, 7) is 10.8. The highest BCUT2D eigenvalue weighted by Gasteiger charge is 2.20. The van der Waals surface area contributed by atoms with Gasteiger partial charge in [0.15, 0.2) is 5.65 Å². The van der Waals surface area contributed by atoms with Crippen LogP contribution in [-0.4, -0.2) is 14.5 Å². The normalized spacial score (nSPS) is 14.8. The van der Waals surface area contributed by atoms with Crippen LogP contribution in [0.5, 0.6) is 0 Å². The Labute approximate surface area is 132 Å². The van der Waals surface area contributed by atoms with Gasteiger partial charge in [0.25, 0.3) is 0 Å². The number of halogens is 1. The monoisotopic (exact) mass is 307 g/mol. The second-order valence-electron chi connectivity index (χ2n) is 6.49. The Balaban J connectivity index is 2.33. The van der Waals surface area contributed by atoms with Gasteiger partial charge in [0, 0.05) is 12.2 Å². The lowest BCUT2D eigenvalue weighted by Gasteiger charge is -2.18. The Morgan fingerprint density at radius 1 is 1.19 bits per heavy atom. The van der Waals surface area contributed by atoms with Gasteiger partial charge in [-0.15, -0.1) is 11.6 Å². The molecule has 2 heterocycles. The minimum absolute atomic E-state index is 0.105. The van der Waals surface area contributed by atoms with Crippen molar-refractivity contribution in [3.05, 3.63) is 23.7 Å². The summed E-state index contributed by atoms with van der Waals surface area (Å²) in [6, 6.07) is 2.46. The summed E-state index contributed by atoms with van der Waals surface area (Å²) in [6.07, 6.45) is 5.52. The Morgan fingerprint density at radius 2 is 1.90 bits per heavy atom. The van der Waals surface area contributed by atoms with Gasteiger partial charge in [0.1, 0.15) is 11.3 Å². The molecule has 116 valence electrons. The van der Waals surface area contributed by atoms with Crippen molar-refractivity contribution in [1.82, 2.24) is 14.5 Å². The van der Waals surface area contributed by atoms with E-state index in [-0.39, 0.29) is 5.38 Å². The fraction of sp³-hybridized carbons (Fsp3) is 0.647. The van der Waals surface area contributed by atoms with Crippen molar-refractivity contribution < 1.29 is 0 Å². The van der Waals surface area contributed by atoms with Crippen molar-refractivity contribution in [2.75, 3.05) is 0 Å². The van der Waals surface area contributed by atoms with E-state index in [2.05, 4.69) is 36.4 Å². The standard InChI is InChI=1S/C17H26ClN3/c1-11(2)7-6-8-13(4)21-16(14(5)18)20-15-9-12(3)10-19-17(15)21/h9-11,13-14H,6-8H2,1-5H3. The van der Waals surface area contributed by atoms with Gasteiger partial charge in [-0.1, -0.05) is 26.7 Å². The van der Waals surface area contributed by atoms with Gasteiger partial charge in [-0.05, 0) is 44.7 Å². The molecule has 0 N–H and O–H groups in total. The molecule has 0 radical (unpaired) electrons. The van der Waals surface area contributed by atoms with Crippen LogP contribution in [0.2, 0.25) is 0 Å². The minimum atomic E-state index is -0.105. The van der Waals surface area contributed by atoms with E-state index < -0.39 is 0 Å². The quantitative estimate of drug-likeness (QED) is 0.666. The first-order valence-corrected chi connectivity index (χ1v) is 8.32. The fourth-order valence-electron chi connectivity index (χ4n) is 2.77. The molecule has 0 fully saturated rings. The van der Waals surface area contributed by atoms with Crippen molar-refractivity contribution in [1.29, 1.82) is 0 Å². The van der Waals surface area contributed by atoms with Crippen LogP contribution in [0.1, 0.15) is 69.8 Å². The smallest absolute Gasteiger partial charge is 0.160 e. The average Bonchev–Trinajstić information content (AvgIpc) is 2.76. The summed E-state index contributed by atoms with van der Waals surface area (Å²) >= 11 is 6.34. The van der Waals surface area contributed by atoms with E-state index in [0.29, 0.717) is 6.04 Å². The molecule has 2 unspecified atom stereocenters. The molecule has 0 aliphatic heterocycles. The third-order valence-corrected chi connectivity index (χ3v) is 4.09. The Bertz CT molecular complexity index is 601. The zero-order valence-corrected chi connectivity index (χ0v) is 14.5. The third-order valence-electron chi connectivity index (χ3n) is 3.89. The van der Waals surface area contributed by atoms with Crippen molar-refractivity contribution in [2.45, 2.75) is 65.3 Å². The molecule has 21 heavy (non-hydrogen) atoms. The lowest BCUT2D eigenvalue weighted by atomic mass is 10.0. The maximum atomic E-state index is 6.34. The molecule has 3 nitrogen and oxygen atoms in total. The highest BCUT2D eigenvalue weighted by atomic mass is 35.5. The molecule has 0 bridgehead atoms. The molecular weight excluding hydrogens is 282 g/mol. The number of alkyl halides is 1. The maximum absolute atomic E-state index is 6.34. The molecule has 2 aromatic rings. The van der Waals surface area contributed by atoms with Gasteiger partial charge in [-0.2, -0.15) is 0 Å². The Kier molecular flexibility index (Phi) is 5.26. The molecular formula is C17H26ClN3. The van der Waals surface area contributed by atoms with Gasteiger partial charge in [-0.25, -0.2) is 9.97 Å². The van der Waals surface area contributed by atoms with Crippen LogP contribution in [0.3, 0.4) is 0 Å². The Hall–Kier alpha value is -1.09. The van der Waals surface area contributed by atoms with Gasteiger partial charge in [-0.3, -0.25) is 0 Å². The lowest BCUT2D eigenvalue weighted by Crippen LogP contribution is -2.11. The largest absolute Gasteiger partial charge is 0.309 e. The number of imidazole rings is 1. The van der Waals surface area contributed by atoms with E-state index in [9.17, 15) is 0 Å². The molecule has 0 aromatic carbocycles. The van der Waals surface area contributed by atoms with Gasteiger partial charge < -0.3 is 4.57 Å². The predicted octanol–water partition coefficient (Wildman–Crippen LogP) is 5.43. The fourth-order valence-corrected chi connectivity index (χ4v) is 2.92. The van der Waals surface area contributed by atoms with E-state index >= 15 is 0 Å². The van der Waals surface area contributed by atoms with E-state index in [1.165, 1.54) is 12.8 Å². The summed E-state index contributed by atoms with van der Waals surface area (Å²) in [5.41, 5.74) is 3.04. The van der Waals surface area contributed by atoms with Crippen LogP contribution < -0.4 is 0 Å². The molecule has 0 spiro atoms. The number of hydrogen-bond acceptors (Lipinski definition) is 2. The van der Waals surface area contributed by atoms with Gasteiger partial charge in [0.05, 0.1) is 5.38 Å². The molecule has 2 atom stereocenters. The highest BCUT2D eigenvalue weighted by molar-refractivity contribution is 6.20. The number of aromatic nitrogens is 3. The second kappa shape index (κ2) is 6.78. The van der Waals surface area contributed by atoms with E-state index in [1.54, 1.807) is 0 Å². The number of fused-ring (bicyclic) bond motifs is 1. The first-order chi connectivity index (χ1) is 9.90. The molecule has 0 amide bonds. The zero-order chi connectivity index (χ0) is 15.6. The highest BCUT2D eigenvalue weighted by Crippen LogP contribution is 2.29. The first kappa shape index (κ1) is 16.3. The molecule has 0 aliphatic rings. The maximum Gasteiger partial charge on any atom is 0.160 e. The molecule has 4 heteroatoms. The van der Waals surface area contributed by atoms with Gasteiger partial charge in [0.2, 0.25) is 0 Å². The third kappa shape index (κ3) is 3.76. The van der Waals surface area contributed by atoms with Crippen molar-refractivity contribution in [3.8, 4) is 0 Å². The van der Waals surface area contributed by atoms with Crippen LogP contribution in [0, 0.1) is 12.8 Å². The number of aryl methyl sites for hydroxylation is 1. The van der Waals surface area contributed by atoms with E-state index in [0.717, 1.165) is 34.9 Å². The summed E-state index contributed by atoms with van der Waals surface area (Å²) in [5.74, 6) is 1.69. The number of hydrogen-bond donors (Lipinski definition) is 0. The molecule has 2 rings (SSSR count). The summed E-state index contributed by atoms with van der Waals surface area (Å²) in [5, 5.41) is -0.105. The van der Waals surface area contributed by atoms with Crippen LogP contribution in [0.25, 0.3) is 11.2 Å². The molecule has 0 aliphatic carbocycles. The zero-order valence-electron chi connectivity index (χ0n) is 13.7. The minimum Gasteiger partial charge on any atom is -0.309 e. The number of pyridine rings is 1. The van der Waals surface area contributed by atoms with Crippen LogP contribution >= 0.6 is 11.6 Å². The van der Waals surface area contributed by atoms with Gasteiger partial charge >= 0.3 is 0 Å². The first-order valence-electron chi connectivity index (χ1n) is 7.88. The second-order valence-corrected chi connectivity index (χ2v) is 7.14. The molecule has 0 saturated heterocycles. The average molecular weight is 308 g/mol. The summed E-state index contributed by atoms with van der Waals surface area (Å²) < 4.78 is 2.23.